The molecule has 0 spiro atoms. The lowest BCUT2D eigenvalue weighted by molar-refractivity contribution is -0.389. The molecule has 4 rings (SSSR count). The van der Waals surface area contributed by atoms with Gasteiger partial charge in [0, 0.05) is 31.6 Å². The fourth-order valence-electron chi connectivity index (χ4n) is 3.07. The molecule has 0 atom stereocenters. The summed E-state index contributed by atoms with van der Waals surface area (Å²) < 4.78 is 41.5. The Hall–Kier alpha value is -2.28. The van der Waals surface area contributed by atoms with E-state index in [4.69, 9.17) is 11.6 Å². The number of nitro groups is 1. The minimum Gasteiger partial charge on any atom is -0.358 e. The van der Waals surface area contributed by atoms with Crippen molar-refractivity contribution in [1.29, 1.82) is 0 Å². The molecule has 0 radical (unpaired) electrons. The number of fused-ring (bicyclic) bond motifs is 1. The number of imidazole rings is 1. The van der Waals surface area contributed by atoms with Gasteiger partial charge in [0.25, 0.3) is 4.96 Å². The van der Waals surface area contributed by atoms with Crippen LogP contribution in [0.25, 0.3) is 4.96 Å². The summed E-state index contributed by atoms with van der Waals surface area (Å²) in [7, 11) is -3.85. The van der Waals surface area contributed by atoms with Gasteiger partial charge < -0.3 is 15.0 Å². The fraction of sp³-hybridized carbons (Fsp3) is 0.267. The van der Waals surface area contributed by atoms with Crippen LogP contribution in [0.1, 0.15) is 0 Å². The van der Waals surface area contributed by atoms with Crippen LogP contribution in [0.5, 0.6) is 0 Å². The van der Waals surface area contributed by atoms with Gasteiger partial charge in [-0.1, -0.05) is 22.9 Å². The normalized spacial score (nSPS) is 16.0. The molecule has 9 nitrogen and oxygen atoms in total. The van der Waals surface area contributed by atoms with Gasteiger partial charge in [0.1, 0.15) is 12.0 Å². The SMILES string of the molecule is O=[N+]([O-])c1c(N2CCN(S(=O)(=O)c3ccc(F)c(Cl)c3)CC2)nc2sccn12. The van der Waals surface area contributed by atoms with Gasteiger partial charge in [0.15, 0.2) is 0 Å². The summed E-state index contributed by atoms with van der Waals surface area (Å²) in [6.07, 6.45) is 1.58. The van der Waals surface area contributed by atoms with Crippen molar-refractivity contribution < 1.29 is 17.7 Å². The van der Waals surface area contributed by atoms with Gasteiger partial charge in [-0.2, -0.15) is 13.7 Å². The van der Waals surface area contributed by atoms with Crippen molar-refractivity contribution in [2.75, 3.05) is 31.1 Å². The van der Waals surface area contributed by atoms with E-state index in [1.165, 1.54) is 20.0 Å². The Bertz CT molecular complexity index is 1170. The van der Waals surface area contributed by atoms with E-state index in [1.807, 2.05) is 0 Å². The second-order valence-electron chi connectivity index (χ2n) is 6.04. The molecule has 28 heavy (non-hydrogen) atoms. The van der Waals surface area contributed by atoms with E-state index in [2.05, 4.69) is 4.98 Å². The summed E-state index contributed by atoms with van der Waals surface area (Å²) in [5.74, 6) is -0.617. The maximum absolute atomic E-state index is 13.3. The molecule has 3 aromatic rings. The van der Waals surface area contributed by atoms with E-state index < -0.39 is 20.8 Å². The average molecular weight is 446 g/mol. The zero-order valence-corrected chi connectivity index (χ0v) is 16.5. The van der Waals surface area contributed by atoms with E-state index >= 15 is 0 Å². The predicted octanol–water partition coefficient (Wildman–Crippen LogP) is 2.61. The lowest BCUT2D eigenvalue weighted by atomic mass is 10.3. The van der Waals surface area contributed by atoms with Crippen molar-refractivity contribution in [3.63, 3.8) is 0 Å². The second-order valence-corrected chi connectivity index (χ2v) is 9.26. The summed E-state index contributed by atoms with van der Waals surface area (Å²) in [6, 6.07) is 3.25. The first kappa shape index (κ1) is 19.1. The summed E-state index contributed by atoms with van der Waals surface area (Å²) in [6.45, 7) is 0.693. The molecule has 1 saturated heterocycles. The average Bonchev–Trinajstić information content (AvgIpc) is 3.24. The van der Waals surface area contributed by atoms with Crippen molar-refractivity contribution >= 4 is 49.6 Å². The van der Waals surface area contributed by atoms with Crippen molar-refractivity contribution in [1.82, 2.24) is 13.7 Å². The number of aromatic nitrogens is 2. The fourth-order valence-corrected chi connectivity index (χ4v) is 5.47. The molecule has 0 aliphatic carbocycles. The van der Waals surface area contributed by atoms with E-state index in [-0.39, 0.29) is 47.7 Å². The summed E-state index contributed by atoms with van der Waals surface area (Å²) in [5.41, 5.74) is 0. The molecule has 3 heterocycles. The molecule has 0 saturated carbocycles. The molecular weight excluding hydrogens is 433 g/mol. The molecule has 1 aliphatic heterocycles. The third kappa shape index (κ3) is 3.11. The summed E-state index contributed by atoms with van der Waals surface area (Å²) in [5, 5.41) is 12.9. The molecule has 13 heteroatoms. The first-order valence-corrected chi connectivity index (χ1v) is 10.8. The number of benzene rings is 1. The second kappa shape index (κ2) is 6.95. The van der Waals surface area contributed by atoms with E-state index in [1.54, 1.807) is 16.5 Å². The third-order valence-corrected chi connectivity index (χ3v) is 7.40. The Morgan fingerprint density at radius 3 is 2.61 bits per heavy atom. The maximum atomic E-state index is 13.3. The quantitative estimate of drug-likeness (QED) is 0.452. The number of thiazole rings is 1. The Morgan fingerprint density at radius 1 is 1.25 bits per heavy atom. The zero-order valence-electron chi connectivity index (χ0n) is 14.2. The van der Waals surface area contributed by atoms with Crippen LogP contribution in [-0.2, 0) is 10.0 Å². The van der Waals surface area contributed by atoms with E-state index in [9.17, 15) is 22.9 Å². The zero-order chi connectivity index (χ0) is 20.1. The molecule has 0 N–H and O–H groups in total. The molecule has 1 fully saturated rings. The van der Waals surface area contributed by atoms with E-state index in [0.717, 1.165) is 18.2 Å². The lowest BCUT2D eigenvalue weighted by Crippen LogP contribution is -2.49. The van der Waals surface area contributed by atoms with Crippen LogP contribution in [0.3, 0.4) is 0 Å². The van der Waals surface area contributed by atoms with Crippen LogP contribution in [0.4, 0.5) is 16.0 Å². The van der Waals surface area contributed by atoms with Gasteiger partial charge in [-0.25, -0.2) is 12.8 Å². The minimum atomic E-state index is -3.85. The van der Waals surface area contributed by atoms with Crippen molar-refractivity contribution in [2.24, 2.45) is 0 Å². The highest BCUT2D eigenvalue weighted by molar-refractivity contribution is 7.89. The van der Waals surface area contributed by atoms with E-state index in [0.29, 0.717) is 4.96 Å². The molecule has 0 bridgehead atoms. The van der Waals surface area contributed by atoms with Gasteiger partial charge >= 0.3 is 5.82 Å². The number of piperazine rings is 1. The van der Waals surface area contributed by atoms with Crippen LogP contribution < -0.4 is 4.90 Å². The monoisotopic (exact) mass is 445 g/mol. The lowest BCUT2D eigenvalue weighted by Gasteiger charge is -2.33. The van der Waals surface area contributed by atoms with Crippen LogP contribution in [0.15, 0.2) is 34.7 Å². The molecule has 0 unspecified atom stereocenters. The van der Waals surface area contributed by atoms with Crippen molar-refractivity contribution in [2.45, 2.75) is 4.90 Å². The Morgan fingerprint density at radius 2 is 1.96 bits per heavy atom. The van der Waals surface area contributed by atoms with Gasteiger partial charge in [-0.15, -0.1) is 0 Å². The number of nitrogens with zero attached hydrogens (tertiary/aromatic N) is 5. The predicted molar refractivity (Wildman–Crippen MR) is 102 cm³/mol. The van der Waals surface area contributed by atoms with Crippen LogP contribution in [0, 0.1) is 15.9 Å². The number of anilines is 1. The van der Waals surface area contributed by atoms with Crippen molar-refractivity contribution in [3.8, 4) is 0 Å². The highest BCUT2D eigenvalue weighted by atomic mass is 35.5. The minimum absolute atomic E-state index is 0.0964. The molecule has 148 valence electrons. The number of hydrogen-bond donors (Lipinski definition) is 0. The first-order valence-electron chi connectivity index (χ1n) is 8.09. The Labute approximate surface area is 167 Å². The van der Waals surface area contributed by atoms with Crippen LogP contribution >= 0.6 is 22.9 Å². The topological polar surface area (TPSA) is 101 Å². The molecule has 2 aromatic heterocycles. The molecule has 1 aliphatic rings. The summed E-state index contributed by atoms with van der Waals surface area (Å²) >= 11 is 6.98. The van der Waals surface area contributed by atoms with Crippen LogP contribution in [0.2, 0.25) is 5.02 Å². The molecule has 1 aromatic carbocycles. The number of halogens is 2. The van der Waals surface area contributed by atoms with Crippen molar-refractivity contribution in [3.05, 3.63) is 50.7 Å². The smallest absolute Gasteiger partial charge is 0.358 e. The highest BCUT2D eigenvalue weighted by Gasteiger charge is 2.34. The standard InChI is InChI=1S/C15H13ClFN5O4S2/c16-11-9-10(1-2-12(11)17)28(25,26)20-5-3-19(4-6-20)13-14(22(23)24)21-7-8-27-15(21)18-13/h1-2,7-9H,3-6H2. The summed E-state index contributed by atoms with van der Waals surface area (Å²) in [4.78, 5) is 17.4. The van der Waals surface area contributed by atoms with Gasteiger partial charge in [0.2, 0.25) is 15.8 Å². The maximum Gasteiger partial charge on any atom is 0.373 e. The number of sulfonamides is 1. The number of rotatable bonds is 4. The first-order chi connectivity index (χ1) is 13.3. The molecular formula is C15H13ClFN5O4S2. The molecule has 0 amide bonds. The van der Waals surface area contributed by atoms with Gasteiger partial charge in [-0.05, 0) is 23.1 Å². The largest absolute Gasteiger partial charge is 0.373 e. The Balaban J connectivity index is 1.56. The van der Waals surface area contributed by atoms with Gasteiger partial charge in [0.05, 0.1) is 9.92 Å². The highest BCUT2D eigenvalue weighted by Crippen LogP contribution is 2.32. The Kier molecular flexibility index (Phi) is 4.73. The van der Waals surface area contributed by atoms with Crippen LogP contribution in [-0.4, -0.2) is 53.2 Å². The van der Waals surface area contributed by atoms with Gasteiger partial charge in [-0.3, -0.25) is 0 Å². The number of hydrogen-bond acceptors (Lipinski definition) is 7. The third-order valence-electron chi connectivity index (χ3n) is 4.46.